The Morgan fingerprint density at radius 2 is 1.16 bits per heavy atom. The molecule has 4 nitrogen and oxygen atoms in total. The van der Waals surface area contributed by atoms with Crippen molar-refractivity contribution in [1.82, 2.24) is 15.0 Å². The van der Waals surface area contributed by atoms with Crippen LogP contribution in [0.2, 0.25) is 0 Å². The summed E-state index contributed by atoms with van der Waals surface area (Å²) in [5, 5.41) is 9.27. The van der Waals surface area contributed by atoms with Crippen LogP contribution in [0.1, 0.15) is 48.3 Å². The van der Waals surface area contributed by atoms with Gasteiger partial charge in [0.1, 0.15) is 0 Å². The van der Waals surface area contributed by atoms with Crippen LogP contribution in [0.15, 0.2) is 224 Å². The minimum absolute atomic E-state index is 0.114. The van der Waals surface area contributed by atoms with Crippen LogP contribution in [0, 0.1) is 11.3 Å². The van der Waals surface area contributed by atoms with E-state index in [-0.39, 0.29) is 11.8 Å². The zero-order chi connectivity index (χ0) is 41.4. The average Bonchev–Trinajstić information content (AvgIpc) is 3.35. The first-order valence-electron chi connectivity index (χ1n) is 20.9. The monoisotopic (exact) mass is 784 g/mol. The van der Waals surface area contributed by atoms with Gasteiger partial charge in [0.15, 0.2) is 17.5 Å². The van der Waals surface area contributed by atoms with Crippen LogP contribution < -0.4 is 0 Å². The van der Waals surface area contributed by atoms with E-state index in [2.05, 4.69) is 201 Å². The van der Waals surface area contributed by atoms with Crippen LogP contribution in [-0.4, -0.2) is 15.0 Å². The minimum atomic E-state index is 0.114. The van der Waals surface area contributed by atoms with Gasteiger partial charge in [0, 0.05) is 28.2 Å². The molecule has 0 amide bonds. The molecule has 9 rings (SSSR count). The van der Waals surface area contributed by atoms with Crippen molar-refractivity contribution in [3.63, 3.8) is 0 Å². The van der Waals surface area contributed by atoms with Crippen molar-refractivity contribution in [2.75, 3.05) is 0 Å². The summed E-state index contributed by atoms with van der Waals surface area (Å²) in [6.45, 7) is 2.24. The molecule has 61 heavy (non-hydrogen) atoms. The molecular formula is C57H44N4. The summed E-state index contributed by atoms with van der Waals surface area (Å²) in [5.41, 5.74) is 14.2. The lowest BCUT2D eigenvalue weighted by atomic mass is 9.88. The fourth-order valence-electron chi connectivity index (χ4n) is 7.92. The van der Waals surface area contributed by atoms with Gasteiger partial charge in [-0.05, 0) is 81.0 Å². The van der Waals surface area contributed by atoms with E-state index >= 15 is 0 Å². The van der Waals surface area contributed by atoms with E-state index in [0.717, 1.165) is 46.2 Å². The van der Waals surface area contributed by atoms with Crippen molar-refractivity contribution in [2.24, 2.45) is 0 Å². The Kier molecular flexibility index (Phi) is 11.5. The minimum Gasteiger partial charge on any atom is -0.208 e. The molecule has 292 valence electrons. The van der Waals surface area contributed by atoms with Gasteiger partial charge in [0.25, 0.3) is 0 Å². The highest BCUT2D eigenvalue weighted by Gasteiger charge is 2.16. The largest absolute Gasteiger partial charge is 0.208 e. The molecule has 0 N–H and O–H groups in total. The topological polar surface area (TPSA) is 62.5 Å². The van der Waals surface area contributed by atoms with E-state index in [0.29, 0.717) is 17.5 Å². The first-order valence-corrected chi connectivity index (χ1v) is 20.9. The van der Waals surface area contributed by atoms with Crippen LogP contribution in [0.25, 0.3) is 62.0 Å². The van der Waals surface area contributed by atoms with Gasteiger partial charge in [0.2, 0.25) is 0 Å². The molecule has 0 spiro atoms. The van der Waals surface area contributed by atoms with Gasteiger partial charge in [-0.3, -0.25) is 0 Å². The Balaban J connectivity index is 1.03. The van der Waals surface area contributed by atoms with Crippen molar-refractivity contribution in [2.45, 2.75) is 31.6 Å². The van der Waals surface area contributed by atoms with Crippen LogP contribution in [-0.2, 0) is 0 Å². The molecule has 0 saturated carbocycles. The second-order valence-corrected chi connectivity index (χ2v) is 15.5. The number of benzene rings is 6. The van der Waals surface area contributed by atoms with Crippen molar-refractivity contribution in [3.8, 4) is 62.5 Å². The summed E-state index contributed by atoms with van der Waals surface area (Å²) in [6.07, 6.45) is 21.1. The van der Waals surface area contributed by atoms with Gasteiger partial charge in [0.05, 0.1) is 6.07 Å². The Hall–Kier alpha value is -7.74. The molecule has 0 radical (unpaired) electrons. The maximum absolute atomic E-state index is 9.27. The summed E-state index contributed by atoms with van der Waals surface area (Å²) in [7, 11) is 0. The third kappa shape index (κ3) is 8.98. The summed E-state index contributed by atoms with van der Waals surface area (Å²) in [5.74, 6) is 2.28. The number of aromatic nitrogens is 3. The summed E-state index contributed by atoms with van der Waals surface area (Å²) in [4.78, 5) is 15.3. The number of nitrogens with zero attached hydrogens (tertiary/aromatic N) is 4. The normalized spacial score (nSPS) is 15.9. The number of hydrogen-bond acceptors (Lipinski definition) is 4. The lowest BCUT2D eigenvalue weighted by Gasteiger charge is -2.17. The fraction of sp³-hybridized carbons (Fsp3) is 0.0877. The average molecular weight is 785 g/mol. The number of rotatable bonds is 10. The third-order valence-electron chi connectivity index (χ3n) is 11.5. The lowest BCUT2D eigenvalue weighted by Crippen LogP contribution is -2.01. The highest BCUT2D eigenvalue weighted by Crippen LogP contribution is 2.33. The Labute approximate surface area is 358 Å². The number of hydrogen-bond donors (Lipinski definition) is 0. The molecule has 0 saturated heterocycles. The zero-order valence-electron chi connectivity index (χ0n) is 34.1. The van der Waals surface area contributed by atoms with E-state index in [1.807, 2.05) is 24.3 Å². The zero-order valence-corrected chi connectivity index (χ0v) is 34.1. The maximum atomic E-state index is 9.27. The third-order valence-corrected chi connectivity index (χ3v) is 11.5. The summed E-state index contributed by atoms with van der Waals surface area (Å²) in [6, 6.07) is 57.5. The second kappa shape index (κ2) is 18.0. The van der Waals surface area contributed by atoms with E-state index < -0.39 is 0 Å². The lowest BCUT2D eigenvalue weighted by molar-refractivity contribution is 0.849. The quantitative estimate of drug-likeness (QED) is 0.139. The fourth-order valence-corrected chi connectivity index (χ4v) is 7.92. The highest BCUT2D eigenvalue weighted by atomic mass is 15.0. The predicted molar refractivity (Wildman–Crippen MR) is 251 cm³/mol. The van der Waals surface area contributed by atoms with E-state index in [1.54, 1.807) is 0 Å². The van der Waals surface area contributed by atoms with Crippen molar-refractivity contribution < 1.29 is 0 Å². The van der Waals surface area contributed by atoms with Crippen molar-refractivity contribution in [1.29, 1.82) is 5.26 Å². The molecule has 2 aliphatic carbocycles. The molecule has 0 fully saturated rings. The standard InChI is InChI=1S/C57H44N4/c1-40(20-37-54(48-16-9-4-10-17-48)49-31-25-47(26-32-49)44-23-21-41(39-58)22-24-44)52-18-11-19-53(38-52)57-60-55(50-33-27-45(28-34-50)42-12-5-2-6-13-42)59-56(61-57)51-35-29-46(30-36-51)43-14-7-3-8-15-43/h2-16,18-23,25-38,40,44H,17,24H2,1H3/b37-20-,54-48+. The Morgan fingerprint density at radius 3 is 1.70 bits per heavy atom. The van der Waals surface area contributed by atoms with Crippen molar-refractivity contribution in [3.05, 3.63) is 240 Å². The van der Waals surface area contributed by atoms with E-state index in [9.17, 15) is 5.26 Å². The van der Waals surface area contributed by atoms with Gasteiger partial charge >= 0.3 is 0 Å². The molecule has 0 aliphatic heterocycles. The molecule has 2 aliphatic rings. The highest BCUT2D eigenvalue weighted by molar-refractivity contribution is 5.80. The van der Waals surface area contributed by atoms with Gasteiger partial charge in [-0.2, -0.15) is 5.26 Å². The summed E-state index contributed by atoms with van der Waals surface area (Å²) < 4.78 is 0. The van der Waals surface area contributed by atoms with Crippen molar-refractivity contribution >= 4 is 5.57 Å². The van der Waals surface area contributed by atoms with Crippen LogP contribution in [0.5, 0.6) is 0 Å². The van der Waals surface area contributed by atoms with E-state index in [1.165, 1.54) is 39.0 Å². The van der Waals surface area contributed by atoms with Crippen LogP contribution in [0.4, 0.5) is 0 Å². The SMILES string of the molecule is CC(/C=C\C(=C1\C=CC=CC1)c1ccc(C2C=CC(C#N)=CC2)cc1)c1cccc(-c2nc(-c3ccc(-c4ccccc4)cc3)nc(-c3ccc(-c4ccccc4)cc3)n2)c1. The Bertz CT molecular complexity index is 2790. The first-order chi connectivity index (χ1) is 30.1. The molecule has 2 unspecified atom stereocenters. The number of allylic oxidation sites excluding steroid dienone is 12. The van der Waals surface area contributed by atoms with Gasteiger partial charge in [-0.1, -0.05) is 207 Å². The molecule has 7 aromatic rings. The second-order valence-electron chi connectivity index (χ2n) is 15.5. The smallest absolute Gasteiger partial charge is 0.164 e. The van der Waals surface area contributed by atoms with Gasteiger partial charge < -0.3 is 0 Å². The Morgan fingerprint density at radius 1 is 0.607 bits per heavy atom. The molecule has 1 heterocycles. The predicted octanol–water partition coefficient (Wildman–Crippen LogP) is 14.3. The molecular weight excluding hydrogens is 741 g/mol. The van der Waals surface area contributed by atoms with E-state index in [4.69, 9.17) is 15.0 Å². The van der Waals surface area contributed by atoms with Gasteiger partial charge in [-0.15, -0.1) is 0 Å². The molecule has 1 aromatic heterocycles. The first kappa shape index (κ1) is 38.8. The number of nitriles is 1. The van der Waals surface area contributed by atoms with Gasteiger partial charge in [-0.25, -0.2) is 15.0 Å². The molecule has 2 atom stereocenters. The maximum Gasteiger partial charge on any atom is 0.164 e. The summed E-state index contributed by atoms with van der Waals surface area (Å²) >= 11 is 0. The molecule has 4 heteroatoms. The van der Waals surface area contributed by atoms with Crippen LogP contribution >= 0.6 is 0 Å². The molecule has 0 bridgehead atoms. The van der Waals surface area contributed by atoms with Crippen LogP contribution in [0.3, 0.4) is 0 Å². The molecule has 6 aromatic carbocycles.